The molecule has 3 heterocycles. The molecule has 1 amide bonds. The average molecular weight is 371 g/mol. The Morgan fingerprint density at radius 2 is 2.00 bits per heavy atom. The molecule has 1 aromatic carbocycles. The van der Waals surface area contributed by atoms with Gasteiger partial charge in [-0.05, 0) is 42.2 Å². The molecule has 1 saturated heterocycles. The molecule has 0 atom stereocenters. The minimum atomic E-state index is 0.201. The first-order valence-electron chi connectivity index (χ1n) is 9.49. The molecule has 0 N–H and O–H groups in total. The lowest BCUT2D eigenvalue weighted by Crippen LogP contribution is -2.48. The Morgan fingerprint density at radius 1 is 1.19 bits per heavy atom. The predicted octanol–water partition coefficient (Wildman–Crippen LogP) is 3.51. The van der Waals surface area contributed by atoms with Gasteiger partial charge in [-0.25, -0.2) is 0 Å². The highest BCUT2D eigenvalue weighted by atomic mass is 32.1. The van der Waals surface area contributed by atoms with Gasteiger partial charge in [0, 0.05) is 44.0 Å². The maximum absolute atomic E-state index is 12.8. The SMILES string of the molecule is CCc1sc(C(=O)N2CCN(Cc3ccc4c(c3)CCO4)CC2)cc1C. The second kappa shape index (κ2) is 7.41. The van der Waals surface area contributed by atoms with Gasteiger partial charge in [0.05, 0.1) is 11.5 Å². The zero-order valence-corrected chi connectivity index (χ0v) is 16.4. The van der Waals surface area contributed by atoms with E-state index in [-0.39, 0.29) is 5.91 Å². The van der Waals surface area contributed by atoms with E-state index >= 15 is 0 Å². The lowest BCUT2D eigenvalue weighted by molar-refractivity contribution is 0.0633. The van der Waals surface area contributed by atoms with Crippen molar-refractivity contribution in [3.8, 4) is 5.75 Å². The number of piperazine rings is 1. The third-order valence-electron chi connectivity index (χ3n) is 5.37. The van der Waals surface area contributed by atoms with E-state index in [4.69, 9.17) is 4.74 Å². The predicted molar refractivity (Wildman–Crippen MR) is 105 cm³/mol. The average Bonchev–Trinajstić information content (AvgIpc) is 3.27. The molecular weight excluding hydrogens is 344 g/mol. The fraction of sp³-hybridized carbons (Fsp3) is 0.476. The summed E-state index contributed by atoms with van der Waals surface area (Å²) in [5.41, 5.74) is 3.92. The van der Waals surface area contributed by atoms with Crippen molar-refractivity contribution in [3.63, 3.8) is 0 Å². The monoisotopic (exact) mass is 370 g/mol. The molecule has 2 aliphatic heterocycles. The van der Waals surface area contributed by atoms with Crippen molar-refractivity contribution >= 4 is 17.2 Å². The molecule has 1 fully saturated rings. The van der Waals surface area contributed by atoms with Gasteiger partial charge in [-0.3, -0.25) is 9.69 Å². The van der Waals surface area contributed by atoms with Crippen LogP contribution in [0.1, 0.15) is 38.2 Å². The number of hydrogen-bond donors (Lipinski definition) is 0. The van der Waals surface area contributed by atoms with Crippen molar-refractivity contribution in [2.24, 2.45) is 0 Å². The highest BCUT2D eigenvalue weighted by Crippen LogP contribution is 2.27. The van der Waals surface area contributed by atoms with Crippen molar-refractivity contribution in [1.29, 1.82) is 0 Å². The summed E-state index contributed by atoms with van der Waals surface area (Å²) in [5, 5.41) is 0. The first-order valence-corrected chi connectivity index (χ1v) is 10.3. The Morgan fingerprint density at radius 3 is 2.73 bits per heavy atom. The van der Waals surface area contributed by atoms with Crippen LogP contribution in [-0.4, -0.2) is 48.5 Å². The Labute approximate surface area is 159 Å². The van der Waals surface area contributed by atoms with E-state index < -0.39 is 0 Å². The number of thiophene rings is 1. The number of rotatable bonds is 4. The van der Waals surface area contributed by atoms with Crippen LogP contribution in [0.15, 0.2) is 24.3 Å². The van der Waals surface area contributed by atoms with Crippen molar-refractivity contribution in [2.45, 2.75) is 33.2 Å². The Hall–Kier alpha value is -1.85. The summed E-state index contributed by atoms with van der Waals surface area (Å²) < 4.78 is 5.59. The third kappa shape index (κ3) is 3.51. The number of hydrogen-bond acceptors (Lipinski definition) is 4. The summed E-state index contributed by atoms with van der Waals surface area (Å²) in [7, 11) is 0. The van der Waals surface area contributed by atoms with Gasteiger partial charge in [0.25, 0.3) is 5.91 Å². The van der Waals surface area contributed by atoms with Crippen LogP contribution < -0.4 is 4.74 Å². The molecule has 4 rings (SSSR count). The lowest BCUT2D eigenvalue weighted by Gasteiger charge is -2.34. The molecule has 0 aliphatic carbocycles. The van der Waals surface area contributed by atoms with Crippen LogP contribution in [0, 0.1) is 6.92 Å². The molecule has 138 valence electrons. The molecule has 0 saturated carbocycles. The molecule has 0 spiro atoms. The van der Waals surface area contributed by atoms with E-state index in [9.17, 15) is 4.79 Å². The van der Waals surface area contributed by atoms with Gasteiger partial charge in [-0.1, -0.05) is 19.1 Å². The van der Waals surface area contributed by atoms with Crippen LogP contribution in [0.2, 0.25) is 0 Å². The second-order valence-electron chi connectivity index (χ2n) is 7.18. The van der Waals surface area contributed by atoms with Crippen LogP contribution in [0.5, 0.6) is 5.75 Å². The molecule has 26 heavy (non-hydrogen) atoms. The van der Waals surface area contributed by atoms with Gasteiger partial charge in [-0.15, -0.1) is 11.3 Å². The molecular formula is C21H26N2O2S. The van der Waals surface area contributed by atoms with Crippen molar-refractivity contribution in [3.05, 3.63) is 50.7 Å². The van der Waals surface area contributed by atoms with Crippen molar-refractivity contribution < 1.29 is 9.53 Å². The number of ether oxygens (including phenoxy) is 1. The number of aryl methyl sites for hydroxylation is 2. The smallest absolute Gasteiger partial charge is 0.264 e. The van der Waals surface area contributed by atoms with Crippen LogP contribution in [0.25, 0.3) is 0 Å². The zero-order valence-electron chi connectivity index (χ0n) is 15.6. The standard InChI is InChI=1S/C21H26N2O2S/c1-3-19-15(2)12-20(26-19)21(24)23-9-7-22(8-10-23)14-16-4-5-18-17(13-16)6-11-25-18/h4-5,12-13H,3,6-11,14H2,1-2H3. The summed E-state index contributed by atoms with van der Waals surface area (Å²) in [4.78, 5) is 19.5. The van der Waals surface area contributed by atoms with Gasteiger partial charge in [-0.2, -0.15) is 0 Å². The van der Waals surface area contributed by atoms with E-state index in [2.05, 4.69) is 43.0 Å². The van der Waals surface area contributed by atoms with Gasteiger partial charge in [0.1, 0.15) is 5.75 Å². The number of amides is 1. The fourth-order valence-corrected chi connectivity index (χ4v) is 4.92. The molecule has 0 radical (unpaired) electrons. The first-order chi connectivity index (χ1) is 12.6. The number of carbonyl (C=O) groups is 1. The third-order valence-corrected chi connectivity index (χ3v) is 6.74. The minimum absolute atomic E-state index is 0.201. The van der Waals surface area contributed by atoms with E-state index in [1.165, 1.54) is 21.6 Å². The number of nitrogens with zero attached hydrogens (tertiary/aromatic N) is 2. The largest absolute Gasteiger partial charge is 0.493 e. The maximum atomic E-state index is 12.8. The maximum Gasteiger partial charge on any atom is 0.264 e. The molecule has 5 heteroatoms. The molecule has 4 nitrogen and oxygen atoms in total. The van der Waals surface area contributed by atoms with Crippen molar-refractivity contribution in [1.82, 2.24) is 9.80 Å². The van der Waals surface area contributed by atoms with E-state index in [1.54, 1.807) is 11.3 Å². The summed E-state index contributed by atoms with van der Waals surface area (Å²) in [6.07, 6.45) is 2.02. The topological polar surface area (TPSA) is 32.8 Å². The minimum Gasteiger partial charge on any atom is -0.493 e. The normalized spacial score (nSPS) is 17.2. The van der Waals surface area contributed by atoms with Gasteiger partial charge in [0.2, 0.25) is 0 Å². The Kier molecular flexibility index (Phi) is 5.00. The number of benzene rings is 1. The Balaban J connectivity index is 1.34. The Bertz CT molecular complexity index is 806. The van der Waals surface area contributed by atoms with Crippen LogP contribution >= 0.6 is 11.3 Å². The molecule has 2 aromatic rings. The number of fused-ring (bicyclic) bond motifs is 1. The van der Waals surface area contributed by atoms with Crippen LogP contribution in [-0.2, 0) is 19.4 Å². The lowest BCUT2D eigenvalue weighted by atomic mass is 10.1. The molecule has 1 aromatic heterocycles. The van der Waals surface area contributed by atoms with Gasteiger partial charge < -0.3 is 9.64 Å². The zero-order chi connectivity index (χ0) is 18.1. The quantitative estimate of drug-likeness (QED) is 0.826. The second-order valence-corrected chi connectivity index (χ2v) is 8.32. The summed E-state index contributed by atoms with van der Waals surface area (Å²) in [5.74, 6) is 1.24. The van der Waals surface area contributed by atoms with Gasteiger partial charge in [0.15, 0.2) is 0 Å². The summed E-state index contributed by atoms with van der Waals surface area (Å²) >= 11 is 1.66. The number of carbonyl (C=O) groups excluding carboxylic acids is 1. The fourth-order valence-electron chi connectivity index (χ4n) is 3.84. The van der Waals surface area contributed by atoms with Crippen LogP contribution in [0.3, 0.4) is 0 Å². The molecule has 2 aliphatic rings. The van der Waals surface area contributed by atoms with Crippen LogP contribution in [0.4, 0.5) is 0 Å². The molecule has 0 bridgehead atoms. The van der Waals surface area contributed by atoms with Gasteiger partial charge >= 0.3 is 0 Å². The summed E-state index contributed by atoms with van der Waals surface area (Å²) in [6.45, 7) is 9.50. The molecule has 0 unspecified atom stereocenters. The van der Waals surface area contributed by atoms with E-state index in [1.807, 2.05) is 4.90 Å². The highest BCUT2D eigenvalue weighted by molar-refractivity contribution is 7.14. The van der Waals surface area contributed by atoms with Crippen molar-refractivity contribution in [2.75, 3.05) is 32.8 Å². The van der Waals surface area contributed by atoms with E-state index in [0.717, 1.165) is 62.8 Å². The summed E-state index contributed by atoms with van der Waals surface area (Å²) in [6, 6.07) is 8.61. The highest BCUT2D eigenvalue weighted by Gasteiger charge is 2.24. The van der Waals surface area contributed by atoms with E-state index in [0.29, 0.717) is 0 Å². The first kappa shape index (κ1) is 17.6.